The third kappa shape index (κ3) is 3.10. The van der Waals surface area contributed by atoms with Crippen molar-refractivity contribution < 1.29 is 4.74 Å². The maximum absolute atomic E-state index is 5.62. The minimum Gasteiger partial charge on any atom is -0.475 e. The Morgan fingerprint density at radius 1 is 1.56 bits per heavy atom. The van der Waals surface area contributed by atoms with E-state index in [1.54, 1.807) is 6.20 Å². The van der Waals surface area contributed by atoms with Gasteiger partial charge in [0, 0.05) is 31.4 Å². The summed E-state index contributed by atoms with van der Waals surface area (Å²) in [5.41, 5.74) is 0. The van der Waals surface area contributed by atoms with Crippen molar-refractivity contribution >= 4 is 5.95 Å². The Labute approximate surface area is 109 Å². The molecule has 1 aromatic heterocycles. The molecule has 0 bridgehead atoms. The van der Waals surface area contributed by atoms with Crippen LogP contribution in [0.1, 0.15) is 26.7 Å². The number of hydrogen-bond acceptors (Lipinski definition) is 5. The summed E-state index contributed by atoms with van der Waals surface area (Å²) in [6, 6.07) is 2.30. The van der Waals surface area contributed by atoms with Crippen molar-refractivity contribution in [2.75, 3.05) is 25.0 Å². The van der Waals surface area contributed by atoms with Crippen LogP contribution in [0.2, 0.25) is 0 Å². The van der Waals surface area contributed by atoms with Gasteiger partial charge in [0.1, 0.15) is 0 Å². The molecular weight excluding hydrogens is 228 g/mol. The molecule has 0 aliphatic carbocycles. The third-order valence-corrected chi connectivity index (χ3v) is 3.05. The molecule has 1 atom stereocenters. The molecule has 0 aromatic carbocycles. The Balaban J connectivity index is 2.12. The molecule has 0 amide bonds. The molecule has 1 fully saturated rings. The van der Waals surface area contributed by atoms with Gasteiger partial charge in [0.15, 0.2) is 0 Å². The fourth-order valence-electron chi connectivity index (χ4n) is 2.32. The fourth-order valence-corrected chi connectivity index (χ4v) is 2.32. The molecule has 1 N–H and O–H groups in total. The van der Waals surface area contributed by atoms with Crippen LogP contribution in [0, 0.1) is 0 Å². The number of aromatic nitrogens is 2. The minimum atomic E-state index is 0.138. The van der Waals surface area contributed by atoms with Crippen LogP contribution < -0.4 is 15.0 Å². The largest absolute Gasteiger partial charge is 0.475 e. The second-order valence-electron chi connectivity index (χ2n) is 4.91. The quantitative estimate of drug-likeness (QED) is 0.857. The van der Waals surface area contributed by atoms with E-state index >= 15 is 0 Å². The molecule has 1 aliphatic heterocycles. The highest BCUT2D eigenvalue weighted by atomic mass is 16.5. The summed E-state index contributed by atoms with van der Waals surface area (Å²) in [4.78, 5) is 11.1. The monoisotopic (exact) mass is 250 g/mol. The molecule has 1 unspecified atom stereocenters. The van der Waals surface area contributed by atoms with Gasteiger partial charge in [-0.15, -0.1) is 0 Å². The standard InChI is InChI=1S/C13H22N4O/c1-10(2)18-12-6-7-15-13(16-12)17-8-4-5-11(17)9-14-3/h6-7,10-11,14H,4-5,8-9H2,1-3H3. The first-order chi connectivity index (χ1) is 8.70. The summed E-state index contributed by atoms with van der Waals surface area (Å²) in [5.74, 6) is 1.44. The molecule has 0 spiro atoms. The van der Waals surface area contributed by atoms with Crippen molar-refractivity contribution in [1.29, 1.82) is 0 Å². The summed E-state index contributed by atoms with van der Waals surface area (Å²) in [6.07, 6.45) is 4.30. The van der Waals surface area contributed by atoms with Crippen LogP contribution in [-0.2, 0) is 0 Å². The highest BCUT2D eigenvalue weighted by Gasteiger charge is 2.26. The lowest BCUT2D eigenvalue weighted by atomic mass is 10.2. The highest BCUT2D eigenvalue weighted by Crippen LogP contribution is 2.23. The lowest BCUT2D eigenvalue weighted by Gasteiger charge is -2.24. The van der Waals surface area contributed by atoms with Gasteiger partial charge in [-0.05, 0) is 33.7 Å². The van der Waals surface area contributed by atoms with E-state index in [0.717, 1.165) is 19.0 Å². The zero-order valence-corrected chi connectivity index (χ0v) is 11.4. The maximum atomic E-state index is 5.62. The molecule has 2 rings (SSSR count). The van der Waals surface area contributed by atoms with Crippen LogP contribution in [0.3, 0.4) is 0 Å². The average Bonchev–Trinajstić information content (AvgIpc) is 2.77. The van der Waals surface area contributed by atoms with Gasteiger partial charge in [-0.2, -0.15) is 4.98 Å². The smallest absolute Gasteiger partial charge is 0.228 e. The van der Waals surface area contributed by atoms with Crippen LogP contribution in [0.15, 0.2) is 12.3 Å². The molecule has 0 radical (unpaired) electrons. The van der Waals surface area contributed by atoms with E-state index in [4.69, 9.17) is 4.74 Å². The molecule has 2 heterocycles. The third-order valence-electron chi connectivity index (χ3n) is 3.05. The van der Waals surface area contributed by atoms with Crippen molar-refractivity contribution in [3.05, 3.63) is 12.3 Å². The van der Waals surface area contributed by atoms with Gasteiger partial charge in [0.25, 0.3) is 0 Å². The van der Waals surface area contributed by atoms with Gasteiger partial charge in [0.05, 0.1) is 6.10 Å². The lowest BCUT2D eigenvalue weighted by Crippen LogP contribution is -2.37. The molecule has 18 heavy (non-hydrogen) atoms. The average molecular weight is 250 g/mol. The Morgan fingerprint density at radius 3 is 3.11 bits per heavy atom. The first-order valence-corrected chi connectivity index (χ1v) is 6.61. The summed E-state index contributed by atoms with van der Waals surface area (Å²) < 4.78 is 5.62. The van der Waals surface area contributed by atoms with Crippen LogP contribution >= 0.6 is 0 Å². The van der Waals surface area contributed by atoms with Gasteiger partial charge < -0.3 is 15.0 Å². The summed E-state index contributed by atoms with van der Waals surface area (Å²) in [5, 5.41) is 3.23. The van der Waals surface area contributed by atoms with E-state index in [-0.39, 0.29) is 6.10 Å². The van der Waals surface area contributed by atoms with E-state index in [2.05, 4.69) is 20.2 Å². The molecule has 0 saturated carbocycles. The topological polar surface area (TPSA) is 50.3 Å². The van der Waals surface area contributed by atoms with Gasteiger partial charge in [0.2, 0.25) is 11.8 Å². The predicted molar refractivity (Wildman–Crippen MR) is 72.1 cm³/mol. The predicted octanol–water partition coefficient (Wildman–Crippen LogP) is 1.45. The lowest BCUT2D eigenvalue weighted by molar-refractivity contribution is 0.232. The van der Waals surface area contributed by atoms with Gasteiger partial charge in [-0.1, -0.05) is 0 Å². The number of ether oxygens (including phenoxy) is 1. The zero-order chi connectivity index (χ0) is 13.0. The molecule has 100 valence electrons. The van der Waals surface area contributed by atoms with Gasteiger partial charge >= 0.3 is 0 Å². The zero-order valence-electron chi connectivity index (χ0n) is 11.4. The number of rotatable bonds is 5. The van der Waals surface area contributed by atoms with Crippen LogP contribution in [0.4, 0.5) is 5.95 Å². The number of nitrogens with one attached hydrogen (secondary N) is 1. The first-order valence-electron chi connectivity index (χ1n) is 6.61. The molecule has 1 saturated heterocycles. The summed E-state index contributed by atoms with van der Waals surface area (Å²) in [6.45, 7) is 6.00. The van der Waals surface area contributed by atoms with E-state index in [9.17, 15) is 0 Å². The molecular formula is C13H22N4O. The second-order valence-corrected chi connectivity index (χ2v) is 4.91. The summed E-state index contributed by atoms with van der Waals surface area (Å²) >= 11 is 0. The first kappa shape index (κ1) is 13.1. The minimum absolute atomic E-state index is 0.138. The molecule has 1 aromatic rings. The molecule has 5 nitrogen and oxygen atoms in total. The Hall–Kier alpha value is -1.36. The van der Waals surface area contributed by atoms with Crippen molar-refractivity contribution in [3.63, 3.8) is 0 Å². The van der Waals surface area contributed by atoms with Crippen LogP contribution in [0.25, 0.3) is 0 Å². The number of anilines is 1. The Morgan fingerprint density at radius 2 is 2.39 bits per heavy atom. The second kappa shape index (κ2) is 6.00. The van der Waals surface area contributed by atoms with E-state index < -0.39 is 0 Å². The normalized spacial score (nSPS) is 19.6. The van der Waals surface area contributed by atoms with Crippen molar-refractivity contribution in [2.24, 2.45) is 0 Å². The Kier molecular flexibility index (Phi) is 4.36. The molecule has 5 heteroatoms. The fraction of sp³-hybridized carbons (Fsp3) is 0.692. The Bertz CT molecular complexity index is 383. The van der Waals surface area contributed by atoms with Gasteiger partial charge in [-0.25, -0.2) is 4.98 Å². The van der Waals surface area contributed by atoms with Gasteiger partial charge in [-0.3, -0.25) is 0 Å². The van der Waals surface area contributed by atoms with E-state index in [1.165, 1.54) is 12.8 Å². The van der Waals surface area contributed by atoms with Crippen LogP contribution in [-0.4, -0.2) is 42.3 Å². The van der Waals surface area contributed by atoms with E-state index in [0.29, 0.717) is 11.9 Å². The molecule has 1 aliphatic rings. The highest BCUT2D eigenvalue weighted by molar-refractivity contribution is 5.35. The maximum Gasteiger partial charge on any atom is 0.228 e. The number of likely N-dealkylation sites (N-methyl/N-ethyl adjacent to an activating group) is 1. The van der Waals surface area contributed by atoms with Crippen molar-refractivity contribution in [2.45, 2.75) is 38.8 Å². The van der Waals surface area contributed by atoms with Crippen molar-refractivity contribution in [3.8, 4) is 5.88 Å². The number of nitrogens with zero attached hydrogens (tertiary/aromatic N) is 3. The van der Waals surface area contributed by atoms with Crippen LogP contribution in [0.5, 0.6) is 5.88 Å². The van der Waals surface area contributed by atoms with E-state index in [1.807, 2.05) is 27.0 Å². The van der Waals surface area contributed by atoms with Crippen molar-refractivity contribution in [1.82, 2.24) is 15.3 Å². The number of hydrogen-bond donors (Lipinski definition) is 1. The SMILES string of the molecule is CNCC1CCCN1c1nccc(OC(C)C)n1. The summed E-state index contributed by atoms with van der Waals surface area (Å²) in [7, 11) is 1.98.